The molecule has 2 N–H and O–H groups in total. The molecule has 88 valence electrons. The van der Waals surface area contributed by atoms with Crippen LogP contribution in [0.15, 0.2) is 0 Å². The number of nitrogens with one attached hydrogen (secondary N) is 2. The molecule has 1 heterocycles. The minimum atomic E-state index is -2.99. The Balaban J connectivity index is 1.63. The number of hydrogen-bond donors (Lipinski definition) is 2. The van der Waals surface area contributed by atoms with Crippen LogP contribution in [0.25, 0.3) is 0 Å². The first kappa shape index (κ1) is 11.4. The average Bonchev–Trinajstić information content (AvgIpc) is 2.81. The summed E-state index contributed by atoms with van der Waals surface area (Å²) in [6.07, 6.45) is 5.50. The summed E-state index contributed by atoms with van der Waals surface area (Å²) in [5, 5.41) is 3.36. The van der Waals surface area contributed by atoms with Crippen molar-refractivity contribution in [1.29, 1.82) is 0 Å². The summed E-state index contributed by atoms with van der Waals surface area (Å²) in [4.78, 5) is 0. The van der Waals surface area contributed by atoms with E-state index in [1.165, 1.54) is 12.8 Å². The maximum atomic E-state index is 11.5. The molecular formula is C10H20N2O2S. The fourth-order valence-electron chi connectivity index (χ4n) is 2.05. The first-order valence-corrected chi connectivity index (χ1v) is 7.52. The molecule has 1 saturated carbocycles. The maximum absolute atomic E-state index is 11.5. The largest absolute Gasteiger partial charge is 0.314 e. The molecule has 1 saturated heterocycles. The van der Waals surface area contributed by atoms with E-state index in [-0.39, 0.29) is 0 Å². The number of hydrogen-bond acceptors (Lipinski definition) is 3. The summed E-state index contributed by atoms with van der Waals surface area (Å²) in [6, 6.07) is 0.522. The average molecular weight is 232 g/mol. The molecule has 0 amide bonds. The van der Waals surface area contributed by atoms with Crippen LogP contribution in [0, 0.1) is 5.92 Å². The normalized spacial score (nSPS) is 27.1. The molecule has 0 bridgehead atoms. The molecule has 2 rings (SSSR count). The van der Waals surface area contributed by atoms with Crippen molar-refractivity contribution in [2.45, 2.75) is 38.1 Å². The minimum absolute atomic E-state index is 0.338. The topological polar surface area (TPSA) is 58.2 Å². The second-order valence-electron chi connectivity index (χ2n) is 4.70. The van der Waals surface area contributed by atoms with E-state index in [2.05, 4.69) is 10.0 Å². The van der Waals surface area contributed by atoms with Gasteiger partial charge in [0.25, 0.3) is 0 Å². The third-order valence-electron chi connectivity index (χ3n) is 3.13. The Kier molecular flexibility index (Phi) is 3.64. The molecule has 2 fully saturated rings. The zero-order valence-corrected chi connectivity index (χ0v) is 9.85. The molecular weight excluding hydrogens is 212 g/mol. The lowest BCUT2D eigenvalue weighted by Gasteiger charge is -2.10. The molecule has 2 aliphatic rings. The van der Waals surface area contributed by atoms with E-state index in [1.54, 1.807) is 0 Å². The monoisotopic (exact) mass is 232 g/mol. The first-order valence-electron chi connectivity index (χ1n) is 5.86. The summed E-state index contributed by atoms with van der Waals surface area (Å²) < 4.78 is 25.7. The van der Waals surface area contributed by atoms with Crippen LogP contribution in [0.5, 0.6) is 0 Å². The third kappa shape index (κ3) is 4.09. The highest BCUT2D eigenvalue weighted by Crippen LogP contribution is 2.29. The lowest BCUT2D eigenvalue weighted by atomic mass is 10.2. The van der Waals surface area contributed by atoms with Crippen LogP contribution in [0.3, 0.4) is 0 Å². The highest BCUT2D eigenvalue weighted by molar-refractivity contribution is 7.89. The molecule has 0 radical (unpaired) electrons. The van der Waals surface area contributed by atoms with Crippen LogP contribution < -0.4 is 10.0 Å². The summed E-state index contributed by atoms with van der Waals surface area (Å²) >= 11 is 0. The quantitative estimate of drug-likeness (QED) is 0.699. The van der Waals surface area contributed by atoms with Crippen LogP contribution >= 0.6 is 0 Å². The Morgan fingerprint density at radius 3 is 2.67 bits per heavy atom. The van der Waals surface area contributed by atoms with Gasteiger partial charge in [0.1, 0.15) is 0 Å². The van der Waals surface area contributed by atoms with Gasteiger partial charge in [-0.2, -0.15) is 0 Å². The smallest absolute Gasteiger partial charge is 0.211 e. The summed E-state index contributed by atoms with van der Waals surface area (Å²) in [7, 11) is -2.99. The molecule has 0 aromatic heterocycles. The Morgan fingerprint density at radius 2 is 2.07 bits per heavy atom. The molecule has 0 aromatic carbocycles. The van der Waals surface area contributed by atoms with Gasteiger partial charge in [-0.3, -0.25) is 0 Å². The number of sulfonamides is 1. The predicted molar refractivity (Wildman–Crippen MR) is 60.2 cm³/mol. The molecule has 0 aromatic rings. The van der Waals surface area contributed by atoms with Gasteiger partial charge in [0.15, 0.2) is 0 Å². The van der Waals surface area contributed by atoms with Crippen molar-refractivity contribution in [3.8, 4) is 0 Å². The van der Waals surface area contributed by atoms with E-state index in [0.717, 1.165) is 25.8 Å². The van der Waals surface area contributed by atoms with Crippen molar-refractivity contribution < 1.29 is 8.42 Å². The van der Waals surface area contributed by atoms with Gasteiger partial charge in [0, 0.05) is 12.6 Å². The molecule has 5 heteroatoms. The molecule has 0 spiro atoms. The lowest BCUT2D eigenvalue weighted by molar-refractivity contribution is 0.538. The highest BCUT2D eigenvalue weighted by atomic mass is 32.2. The van der Waals surface area contributed by atoms with Gasteiger partial charge in [0.05, 0.1) is 5.75 Å². The zero-order valence-electron chi connectivity index (χ0n) is 9.04. The van der Waals surface area contributed by atoms with E-state index >= 15 is 0 Å². The van der Waals surface area contributed by atoms with Gasteiger partial charge < -0.3 is 5.32 Å². The van der Waals surface area contributed by atoms with Gasteiger partial charge in [-0.05, 0) is 44.6 Å². The van der Waals surface area contributed by atoms with Crippen molar-refractivity contribution in [3.63, 3.8) is 0 Å². The molecule has 1 atom stereocenters. The molecule has 1 aliphatic carbocycles. The first-order chi connectivity index (χ1) is 7.16. The third-order valence-corrected chi connectivity index (χ3v) is 4.68. The van der Waals surface area contributed by atoms with Gasteiger partial charge in [-0.15, -0.1) is 0 Å². The van der Waals surface area contributed by atoms with Crippen LogP contribution in [-0.2, 0) is 10.0 Å². The van der Waals surface area contributed by atoms with Crippen LogP contribution in [0.2, 0.25) is 0 Å². The highest BCUT2D eigenvalue weighted by Gasteiger charge is 2.27. The van der Waals surface area contributed by atoms with E-state index < -0.39 is 10.0 Å². The molecule has 1 aliphatic heterocycles. The van der Waals surface area contributed by atoms with Gasteiger partial charge in [-0.1, -0.05) is 0 Å². The van der Waals surface area contributed by atoms with Crippen LogP contribution in [0.4, 0.5) is 0 Å². The van der Waals surface area contributed by atoms with Crippen LogP contribution in [-0.4, -0.2) is 33.3 Å². The van der Waals surface area contributed by atoms with Gasteiger partial charge in [-0.25, -0.2) is 13.1 Å². The second-order valence-corrected chi connectivity index (χ2v) is 6.55. The van der Waals surface area contributed by atoms with E-state index in [0.29, 0.717) is 24.3 Å². The van der Waals surface area contributed by atoms with Crippen molar-refractivity contribution in [1.82, 2.24) is 10.0 Å². The van der Waals surface area contributed by atoms with Gasteiger partial charge >= 0.3 is 0 Å². The minimum Gasteiger partial charge on any atom is -0.314 e. The van der Waals surface area contributed by atoms with Crippen LogP contribution in [0.1, 0.15) is 32.1 Å². The SMILES string of the molecule is O=S(=O)(CC1CC1)NCC[C@@H]1CCCN1. The maximum Gasteiger partial charge on any atom is 0.211 e. The Bertz CT molecular complexity index is 293. The van der Waals surface area contributed by atoms with Crippen molar-refractivity contribution in [2.24, 2.45) is 5.92 Å². The van der Waals surface area contributed by atoms with Crippen molar-refractivity contribution in [3.05, 3.63) is 0 Å². The fraction of sp³-hybridized carbons (Fsp3) is 1.00. The summed E-state index contributed by atoms with van der Waals surface area (Å²) in [5.74, 6) is 0.776. The van der Waals surface area contributed by atoms with E-state index in [1.807, 2.05) is 0 Å². The fourth-order valence-corrected chi connectivity index (χ4v) is 3.55. The second kappa shape index (κ2) is 4.80. The lowest BCUT2D eigenvalue weighted by Crippen LogP contribution is -2.32. The Morgan fingerprint density at radius 1 is 1.27 bits per heavy atom. The van der Waals surface area contributed by atoms with E-state index in [4.69, 9.17) is 0 Å². The van der Waals surface area contributed by atoms with Crippen molar-refractivity contribution in [2.75, 3.05) is 18.8 Å². The molecule has 15 heavy (non-hydrogen) atoms. The Labute approximate surface area is 91.9 Å². The van der Waals surface area contributed by atoms with Gasteiger partial charge in [0.2, 0.25) is 10.0 Å². The summed E-state index contributed by atoms with van der Waals surface area (Å²) in [5.41, 5.74) is 0. The summed E-state index contributed by atoms with van der Waals surface area (Å²) in [6.45, 7) is 1.67. The standard InChI is InChI=1S/C10H20N2O2S/c13-15(14,8-9-3-4-9)12-7-5-10-2-1-6-11-10/h9-12H,1-8H2/t10-/m0/s1. The molecule has 4 nitrogen and oxygen atoms in total. The number of rotatable bonds is 6. The zero-order chi connectivity index (χ0) is 10.7. The Hall–Kier alpha value is -0.130. The predicted octanol–water partition coefficient (Wildman–Crippen LogP) is 0.458. The van der Waals surface area contributed by atoms with Crippen molar-refractivity contribution >= 4 is 10.0 Å². The van der Waals surface area contributed by atoms with E-state index in [9.17, 15) is 8.42 Å². The molecule has 0 unspecified atom stereocenters.